The van der Waals surface area contributed by atoms with Crippen LogP contribution in [0.1, 0.15) is 70.5 Å². The summed E-state index contributed by atoms with van der Waals surface area (Å²) in [5, 5.41) is 9.06. The molecule has 0 saturated carbocycles. The molecule has 3 N–H and O–H groups in total. The van der Waals surface area contributed by atoms with Gasteiger partial charge in [-0.25, -0.2) is 9.78 Å². The fourth-order valence-electron chi connectivity index (χ4n) is 5.44. The Labute approximate surface area is 300 Å². The van der Waals surface area contributed by atoms with Crippen molar-refractivity contribution in [1.29, 1.82) is 0 Å². The highest BCUT2D eigenvalue weighted by Gasteiger charge is 2.31. The van der Waals surface area contributed by atoms with Crippen molar-refractivity contribution in [3.63, 3.8) is 0 Å². The van der Waals surface area contributed by atoms with Gasteiger partial charge in [-0.05, 0) is 56.6 Å². The normalized spacial score (nSPS) is 13.5. The van der Waals surface area contributed by atoms with Gasteiger partial charge in [0.15, 0.2) is 0 Å². The van der Waals surface area contributed by atoms with E-state index in [4.69, 9.17) is 14.2 Å². The predicted molar refractivity (Wildman–Crippen MR) is 192 cm³/mol. The minimum absolute atomic E-state index is 0.0290. The second-order valence-electron chi connectivity index (χ2n) is 12.3. The van der Waals surface area contributed by atoms with Crippen molar-refractivity contribution in [2.24, 2.45) is 18.9 Å². The number of methoxy groups -OCH3 is 1. The van der Waals surface area contributed by atoms with E-state index in [1.54, 1.807) is 31.8 Å². The summed E-state index contributed by atoms with van der Waals surface area (Å²) in [4.78, 5) is 68.8. The maximum absolute atomic E-state index is 13.7. The summed E-state index contributed by atoms with van der Waals surface area (Å²) in [6.07, 6.45) is 5.89. The topological polar surface area (TPSA) is 167 Å². The number of thioether (sulfide) groups is 1. The van der Waals surface area contributed by atoms with E-state index >= 15 is 0 Å². The number of carbonyl (C=O) groups excluding carboxylic acids is 5. The van der Waals surface area contributed by atoms with Crippen LogP contribution < -0.4 is 16.0 Å². The zero-order chi connectivity index (χ0) is 37.1. The number of carbonyl (C=O) groups is 5. The van der Waals surface area contributed by atoms with Crippen LogP contribution in [0.25, 0.3) is 0 Å². The number of hydrogen-bond donors (Lipinski definition) is 3. The molecule has 0 aliphatic carbocycles. The molecule has 14 heteroatoms. The average Bonchev–Trinajstić information content (AvgIpc) is 3.44. The summed E-state index contributed by atoms with van der Waals surface area (Å²) >= 11 is 1.55. The zero-order valence-corrected chi connectivity index (χ0v) is 31.3. The Bertz CT molecular complexity index is 1370. The highest BCUT2D eigenvalue weighted by molar-refractivity contribution is 7.98. The van der Waals surface area contributed by atoms with Gasteiger partial charge < -0.3 is 29.4 Å². The van der Waals surface area contributed by atoms with Gasteiger partial charge in [-0.15, -0.1) is 0 Å². The lowest BCUT2D eigenvalue weighted by atomic mass is 9.98. The van der Waals surface area contributed by atoms with Crippen LogP contribution in [0.2, 0.25) is 0 Å². The molecule has 2 aromatic rings. The van der Waals surface area contributed by atoms with E-state index < -0.39 is 47.9 Å². The number of aryl methyl sites for hydroxylation is 1. The number of nitrogens with one attached hydrogen (secondary N) is 3. The molecule has 0 fully saturated rings. The van der Waals surface area contributed by atoms with Crippen LogP contribution in [-0.2, 0) is 64.6 Å². The third-order valence-electron chi connectivity index (χ3n) is 8.25. The van der Waals surface area contributed by atoms with E-state index in [0.717, 1.165) is 17.1 Å². The molecule has 1 unspecified atom stereocenters. The summed E-state index contributed by atoms with van der Waals surface area (Å²) in [5.74, 6) is -1.45. The quantitative estimate of drug-likeness (QED) is 0.114. The number of amides is 2. The lowest BCUT2D eigenvalue weighted by Crippen LogP contribution is -2.57. The molecular formula is C36H55N5O8S. The Hall–Kier alpha value is -3.91. The monoisotopic (exact) mass is 717 g/mol. The average molecular weight is 718 g/mol. The van der Waals surface area contributed by atoms with Gasteiger partial charge in [-0.3, -0.25) is 24.5 Å². The fraction of sp³-hybridized carbons (Fsp3) is 0.611. The Kier molecular flexibility index (Phi) is 19.2. The zero-order valence-electron chi connectivity index (χ0n) is 30.5. The third kappa shape index (κ3) is 14.1. The van der Waals surface area contributed by atoms with Crippen LogP contribution >= 0.6 is 11.8 Å². The van der Waals surface area contributed by atoms with E-state index in [1.165, 1.54) is 7.11 Å². The SMILES string of the molecule is CCOC(=O)CC(CCCc1ncc(CN[C@H](C(=O)N[C@@H](Cc2ccccc2)C(=O)N[C@@H](CCSC)C(=O)OC)C(C)C)n1C)C(=O)OCC. The molecule has 0 aliphatic rings. The molecule has 1 heterocycles. The summed E-state index contributed by atoms with van der Waals surface area (Å²) in [6, 6.07) is 6.97. The molecule has 13 nitrogen and oxygen atoms in total. The Morgan fingerprint density at radius 3 is 2.22 bits per heavy atom. The van der Waals surface area contributed by atoms with Crippen LogP contribution in [0.3, 0.4) is 0 Å². The minimum Gasteiger partial charge on any atom is -0.467 e. The molecule has 1 aromatic carbocycles. The largest absolute Gasteiger partial charge is 0.467 e. The third-order valence-corrected chi connectivity index (χ3v) is 8.90. The summed E-state index contributed by atoms with van der Waals surface area (Å²) in [7, 11) is 3.17. The Balaban J connectivity index is 2.11. The van der Waals surface area contributed by atoms with Crippen molar-refractivity contribution in [3.8, 4) is 0 Å². The van der Waals surface area contributed by atoms with Crippen molar-refractivity contribution >= 4 is 41.5 Å². The van der Waals surface area contributed by atoms with Crippen LogP contribution in [0.15, 0.2) is 36.5 Å². The number of ether oxygens (including phenoxy) is 3. The molecule has 50 heavy (non-hydrogen) atoms. The van der Waals surface area contributed by atoms with Crippen molar-refractivity contribution in [2.75, 3.05) is 32.3 Å². The van der Waals surface area contributed by atoms with Gasteiger partial charge in [-0.1, -0.05) is 44.2 Å². The van der Waals surface area contributed by atoms with Crippen LogP contribution in [-0.4, -0.2) is 89.7 Å². The first-order valence-corrected chi connectivity index (χ1v) is 18.6. The molecule has 1 aromatic heterocycles. The Morgan fingerprint density at radius 1 is 0.920 bits per heavy atom. The van der Waals surface area contributed by atoms with E-state index in [0.29, 0.717) is 38.0 Å². The van der Waals surface area contributed by atoms with E-state index in [2.05, 4.69) is 20.9 Å². The molecular weight excluding hydrogens is 662 g/mol. The standard InChI is InChI=1S/C36H55N5O8S/c1-8-48-31(42)21-26(35(45)49-9-2)16-13-17-30-37-22-27(41(30)5)23-38-32(24(3)4)34(44)40-29(20-25-14-11-10-12-15-25)33(43)39-28(18-19-50-7)36(46)47-6/h10-12,14-15,22,24,26,28-29,32,38H,8-9,13,16-21,23H2,1-7H3,(H,39,43)(H,40,44)/t26?,28-,29-,32-/m0/s1. The summed E-state index contributed by atoms with van der Waals surface area (Å²) in [6.45, 7) is 8.11. The van der Waals surface area contributed by atoms with Crippen LogP contribution in [0.4, 0.5) is 0 Å². The van der Waals surface area contributed by atoms with E-state index in [-0.39, 0.29) is 37.9 Å². The maximum Gasteiger partial charge on any atom is 0.328 e. The van der Waals surface area contributed by atoms with Gasteiger partial charge in [0.25, 0.3) is 0 Å². The Morgan fingerprint density at radius 2 is 1.60 bits per heavy atom. The lowest BCUT2D eigenvalue weighted by molar-refractivity contribution is -0.155. The van der Waals surface area contributed by atoms with Crippen molar-refractivity contribution in [1.82, 2.24) is 25.5 Å². The van der Waals surface area contributed by atoms with Gasteiger partial charge >= 0.3 is 17.9 Å². The molecule has 0 spiro atoms. The number of rotatable bonds is 23. The minimum atomic E-state index is -0.931. The highest BCUT2D eigenvalue weighted by atomic mass is 32.2. The first-order chi connectivity index (χ1) is 23.9. The van der Waals surface area contributed by atoms with Crippen molar-refractivity contribution < 1.29 is 38.2 Å². The number of hydrogen-bond acceptors (Lipinski definition) is 11. The predicted octanol–water partition coefficient (Wildman–Crippen LogP) is 3.13. The molecule has 2 amide bonds. The summed E-state index contributed by atoms with van der Waals surface area (Å²) in [5.41, 5.74) is 1.71. The van der Waals surface area contributed by atoms with Gasteiger partial charge in [-0.2, -0.15) is 11.8 Å². The second-order valence-corrected chi connectivity index (χ2v) is 13.3. The number of benzene rings is 1. The molecule has 2 rings (SSSR count). The van der Waals surface area contributed by atoms with Crippen molar-refractivity contribution in [2.45, 2.75) is 90.9 Å². The van der Waals surface area contributed by atoms with E-state index in [1.807, 2.05) is 62.0 Å². The summed E-state index contributed by atoms with van der Waals surface area (Å²) < 4.78 is 17.1. The fourth-order valence-corrected chi connectivity index (χ4v) is 5.91. The number of esters is 3. The molecule has 0 saturated heterocycles. The number of aromatic nitrogens is 2. The van der Waals surface area contributed by atoms with E-state index in [9.17, 15) is 24.0 Å². The molecule has 0 aliphatic heterocycles. The van der Waals surface area contributed by atoms with Gasteiger partial charge in [0.2, 0.25) is 11.8 Å². The number of nitrogens with zero attached hydrogens (tertiary/aromatic N) is 2. The van der Waals surface area contributed by atoms with Crippen molar-refractivity contribution in [3.05, 3.63) is 53.6 Å². The molecule has 4 atom stereocenters. The smallest absolute Gasteiger partial charge is 0.328 e. The van der Waals surface area contributed by atoms with Gasteiger partial charge in [0.1, 0.15) is 17.9 Å². The van der Waals surface area contributed by atoms with Crippen LogP contribution in [0.5, 0.6) is 0 Å². The molecule has 0 bridgehead atoms. The first kappa shape index (κ1) is 42.3. The second kappa shape index (κ2) is 22.7. The van der Waals surface area contributed by atoms with Gasteiger partial charge in [0, 0.05) is 32.6 Å². The first-order valence-electron chi connectivity index (χ1n) is 17.2. The lowest BCUT2D eigenvalue weighted by Gasteiger charge is -2.26. The van der Waals surface area contributed by atoms with Gasteiger partial charge in [0.05, 0.1) is 44.4 Å². The molecule has 278 valence electrons. The molecule has 0 radical (unpaired) electrons. The number of imidazole rings is 1. The van der Waals surface area contributed by atoms with Crippen LogP contribution in [0, 0.1) is 11.8 Å². The highest BCUT2D eigenvalue weighted by Crippen LogP contribution is 2.18. The maximum atomic E-state index is 13.7.